The number of nitrogens with zero attached hydrogens (tertiary/aromatic N) is 1. The minimum Gasteiger partial charge on any atom is -0.378 e. The maximum Gasteiger partial charge on any atom is 0.0361 e. The molecule has 0 saturated carbocycles. The summed E-state index contributed by atoms with van der Waals surface area (Å²) >= 11 is 1.77. The van der Waals surface area contributed by atoms with Gasteiger partial charge in [-0.25, -0.2) is 0 Å². The summed E-state index contributed by atoms with van der Waals surface area (Å²) in [6.07, 6.45) is 1.10. The van der Waals surface area contributed by atoms with Crippen LogP contribution in [0.5, 0.6) is 0 Å². The van der Waals surface area contributed by atoms with Gasteiger partial charge in [-0.2, -0.15) is 11.3 Å². The first kappa shape index (κ1) is 14.1. The average Bonchev–Trinajstić information content (AvgIpc) is 2.92. The van der Waals surface area contributed by atoms with Gasteiger partial charge in [0.05, 0.1) is 0 Å². The van der Waals surface area contributed by atoms with Crippen molar-refractivity contribution in [1.82, 2.24) is 5.32 Å². The van der Waals surface area contributed by atoms with E-state index in [9.17, 15) is 0 Å². The Morgan fingerprint density at radius 3 is 2.47 bits per heavy atom. The Labute approximate surface area is 120 Å². The average molecular weight is 274 g/mol. The standard InChI is InChI=1S/C16H22N2S/c1-13(17-10-8-14-9-11-19-12-14)15-4-6-16(7-5-15)18(2)3/h4-7,9,11-13,17H,8,10H2,1-3H3. The summed E-state index contributed by atoms with van der Waals surface area (Å²) in [5.41, 5.74) is 4.01. The fraction of sp³-hybridized carbons (Fsp3) is 0.375. The van der Waals surface area contributed by atoms with E-state index in [1.54, 1.807) is 11.3 Å². The normalized spacial score (nSPS) is 12.4. The Bertz CT molecular complexity index is 474. The third kappa shape index (κ3) is 4.08. The molecule has 102 valence electrons. The van der Waals surface area contributed by atoms with Gasteiger partial charge in [-0.1, -0.05) is 12.1 Å². The Morgan fingerprint density at radius 1 is 1.16 bits per heavy atom. The predicted octanol–water partition coefficient (Wildman–Crippen LogP) is 3.71. The molecule has 0 fully saturated rings. The summed E-state index contributed by atoms with van der Waals surface area (Å²) < 4.78 is 0. The fourth-order valence-electron chi connectivity index (χ4n) is 2.05. The molecule has 1 unspecified atom stereocenters. The van der Waals surface area contributed by atoms with Gasteiger partial charge in [0.15, 0.2) is 0 Å². The van der Waals surface area contributed by atoms with Gasteiger partial charge in [0.25, 0.3) is 0 Å². The second kappa shape index (κ2) is 6.73. The number of rotatable bonds is 6. The largest absolute Gasteiger partial charge is 0.378 e. The minimum atomic E-state index is 0.398. The SMILES string of the molecule is CC(NCCc1ccsc1)c1ccc(N(C)C)cc1. The second-order valence-corrected chi connectivity index (χ2v) is 5.82. The maximum atomic E-state index is 3.58. The second-order valence-electron chi connectivity index (χ2n) is 5.04. The molecule has 0 bridgehead atoms. The molecule has 0 saturated heterocycles. The van der Waals surface area contributed by atoms with E-state index in [1.807, 2.05) is 0 Å². The molecule has 1 aromatic carbocycles. The summed E-state index contributed by atoms with van der Waals surface area (Å²) in [4.78, 5) is 2.12. The lowest BCUT2D eigenvalue weighted by Gasteiger charge is -2.17. The van der Waals surface area contributed by atoms with E-state index in [0.29, 0.717) is 6.04 Å². The van der Waals surface area contributed by atoms with Crippen molar-refractivity contribution in [3.8, 4) is 0 Å². The zero-order valence-corrected chi connectivity index (χ0v) is 12.7. The number of thiophene rings is 1. The van der Waals surface area contributed by atoms with Crippen LogP contribution in [0.4, 0.5) is 5.69 Å². The fourth-order valence-corrected chi connectivity index (χ4v) is 2.75. The molecule has 1 aromatic heterocycles. The maximum absolute atomic E-state index is 3.58. The van der Waals surface area contributed by atoms with Crippen LogP contribution < -0.4 is 10.2 Å². The van der Waals surface area contributed by atoms with Gasteiger partial charge in [-0.3, -0.25) is 0 Å². The molecule has 19 heavy (non-hydrogen) atoms. The van der Waals surface area contributed by atoms with Gasteiger partial charge in [-0.05, 0) is 60.0 Å². The monoisotopic (exact) mass is 274 g/mol. The number of hydrogen-bond donors (Lipinski definition) is 1. The molecule has 1 N–H and O–H groups in total. The predicted molar refractivity (Wildman–Crippen MR) is 85.2 cm³/mol. The van der Waals surface area contributed by atoms with Crippen LogP contribution in [0, 0.1) is 0 Å². The van der Waals surface area contributed by atoms with Gasteiger partial charge in [0.2, 0.25) is 0 Å². The summed E-state index contributed by atoms with van der Waals surface area (Å²) in [5.74, 6) is 0. The summed E-state index contributed by atoms with van der Waals surface area (Å²) in [7, 11) is 4.13. The number of nitrogens with one attached hydrogen (secondary N) is 1. The van der Waals surface area contributed by atoms with Gasteiger partial charge in [0, 0.05) is 25.8 Å². The zero-order valence-electron chi connectivity index (χ0n) is 11.9. The lowest BCUT2D eigenvalue weighted by atomic mass is 10.1. The van der Waals surface area contributed by atoms with Crippen LogP contribution >= 0.6 is 11.3 Å². The summed E-state index contributed by atoms with van der Waals surface area (Å²) in [6, 6.07) is 11.4. The highest BCUT2D eigenvalue weighted by Gasteiger charge is 2.05. The molecule has 0 aliphatic rings. The van der Waals surface area contributed by atoms with E-state index in [4.69, 9.17) is 0 Å². The van der Waals surface area contributed by atoms with Crippen molar-refractivity contribution in [2.24, 2.45) is 0 Å². The molecule has 2 nitrogen and oxygen atoms in total. The van der Waals surface area contributed by atoms with E-state index in [2.05, 4.69) is 72.3 Å². The molecule has 0 aliphatic heterocycles. The van der Waals surface area contributed by atoms with Crippen LogP contribution in [0.1, 0.15) is 24.1 Å². The van der Waals surface area contributed by atoms with E-state index in [0.717, 1.165) is 13.0 Å². The van der Waals surface area contributed by atoms with Gasteiger partial charge >= 0.3 is 0 Å². The van der Waals surface area contributed by atoms with Crippen LogP contribution in [0.3, 0.4) is 0 Å². The lowest BCUT2D eigenvalue weighted by Crippen LogP contribution is -2.21. The molecule has 0 spiro atoms. The minimum absolute atomic E-state index is 0.398. The van der Waals surface area contributed by atoms with Crippen LogP contribution in [0.25, 0.3) is 0 Å². The molecule has 0 radical (unpaired) electrons. The first-order valence-electron chi connectivity index (χ1n) is 6.68. The van der Waals surface area contributed by atoms with Crippen molar-refractivity contribution >= 4 is 17.0 Å². The van der Waals surface area contributed by atoms with Crippen molar-refractivity contribution in [1.29, 1.82) is 0 Å². The molecule has 1 heterocycles. The molecule has 2 aromatic rings. The number of hydrogen-bond acceptors (Lipinski definition) is 3. The number of anilines is 1. The van der Waals surface area contributed by atoms with Crippen molar-refractivity contribution in [3.05, 3.63) is 52.2 Å². The van der Waals surface area contributed by atoms with E-state index < -0.39 is 0 Å². The lowest BCUT2D eigenvalue weighted by molar-refractivity contribution is 0.577. The summed E-state index contributed by atoms with van der Waals surface area (Å²) in [5, 5.41) is 7.93. The highest BCUT2D eigenvalue weighted by molar-refractivity contribution is 7.07. The third-order valence-corrected chi connectivity index (χ3v) is 4.09. The molecule has 0 aliphatic carbocycles. The molecule has 3 heteroatoms. The molecular formula is C16H22N2S. The first-order chi connectivity index (χ1) is 9.16. The first-order valence-corrected chi connectivity index (χ1v) is 7.63. The van der Waals surface area contributed by atoms with Crippen molar-refractivity contribution in [2.75, 3.05) is 25.5 Å². The van der Waals surface area contributed by atoms with Gasteiger partial charge < -0.3 is 10.2 Å². The molecular weight excluding hydrogens is 252 g/mol. The highest BCUT2D eigenvalue weighted by atomic mass is 32.1. The van der Waals surface area contributed by atoms with Crippen LogP contribution in [0.15, 0.2) is 41.1 Å². The van der Waals surface area contributed by atoms with Crippen LogP contribution in [-0.4, -0.2) is 20.6 Å². The smallest absolute Gasteiger partial charge is 0.0361 e. The van der Waals surface area contributed by atoms with Crippen molar-refractivity contribution in [3.63, 3.8) is 0 Å². The van der Waals surface area contributed by atoms with Gasteiger partial charge in [-0.15, -0.1) is 0 Å². The van der Waals surface area contributed by atoms with E-state index in [1.165, 1.54) is 16.8 Å². The zero-order chi connectivity index (χ0) is 13.7. The Balaban J connectivity index is 1.83. The van der Waals surface area contributed by atoms with Gasteiger partial charge in [0.1, 0.15) is 0 Å². The molecule has 2 rings (SSSR count). The third-order valence-electron chi connectivity index (χ3n) is 3.35. The Kier molecular flexibility index (Phi) is 5.00. The Hall–Kier alpha value is -1.32. The van der Waals surface area contributed by atoms with Crippen molar-refractivity contribution in [2.45, 2.75) is 19.4 Å². The highest BCUT2D eigenvalue weighted by Crippen LogP contribution is 2.17. The summed E-state index contributed by atoms with van der Waals surface area (Å²) in [6.45, 7) is 3.24. The van der Waals surface area contributed by atoms with Crippen molar-refractivity contribution < 1.29 is 0 Å². The van der Waals surface area contributed by atoms with E-state index in [-0.39, 0.29) is 0 Å². The Morgan fingerprint density at radius 2 is 1.89 bits per heavy atom. The molecule has 1 atom stereocenters. The number of benzene rings is 1. The topological polar surface area (TPSA) is 15.3 Å². The van der Waals surface area contributed by atoms with E-state index >= 15 is 0 Å². The molecule has 0 amide bonds. The van der Waals surface area contributed by atoms with Crippen LogP contribution in [-0.2, 0) is 6.42 Å². The quantitative estimate of drug-likeness (QED) is 0.864. The van der Waals surface area contributed by atoms with Crippen LogP contribution in [0.2, 0.25) is 0 Å².